The Morgan fingerprint density at radius 2 is 2.17 bits per heavy atom. The van der Waals surface area contributed by atoms with Gasteiger partial charge in [-0.3, -0.25) is 4.79 Å². The largest absolute Gasteiger partial charge is 0.391 e. The highest BCUT2D eigenvalue weighted by atomic mass is 19.1. The molecule has 1 aromatic carbocycles. The van der Waals surface area contributed by atoms with Crippen molar-refractivity contribution >= 4 is 5.91 Å². The SMILES string of the molecule is Cc1cc(C[C@@H]2CN(C(=O)c3ccc(F)cc3C)C[C@@H]2O)on1. The molecular formula is C17H19FN2O3. The number of nitrogens with zero attached hydrogens (tertiary/aromatic N) is 2. The minimum atomic E-state index is -0.606. The van der Waals surface area contributed by atoms with Gasteiger partial charge in [-0.2, -0.15) is 0 Å². The van der Waals surface area contributed by atoms with Crippen molar-refractivity contribution < 1.29 is 18.8 Å². The predicted octanol–water partition coefficient (Wildman–Crippen LogP) is 2.11. The number of benzene rings is 1. The smallest absolute Gasteiger partial charge is 0.254 e. The molecule has 0 radical (unpaired) electrons. The Balaban J connectivity index is 1.71. The van der Waals surface area contributed by atoms with E-state index in [0.717, 1.165) is 5.69 Å². The number of carbonyl (C=O) groups is 1. The molecule has 0 spiro atoms. The second-order valence-corrected chi connectivity index (χ2v) is 6.14. The average molecular weight is 318 g/mol. The van der Waals surface area contributed by atoms with E-state index in [2.05, 4.69) is 5.16 Å². The van der Waals surface area contributed by atoms with E-state index < -0.39 is 6.10 Å². The lowest BCUT2D eigenvalue weighted by atomic mass is 10.0. The van der Waals surface area contributed by atoms with Gasteiger partial charge in [0.05, 0.1) is 11.8 Å². The molecule has 2 heterocycles. The summed E-state index contributed by atoms with van der Waals surface area (Å²) in [6.45, 7) is 4.26. The molecule has 2 atom stereocenters. The van der Waals surface area contributed by atoms with Crippen molar-refractivity contribution in [1.82, 2.24) is 10.1 Å². The lowest BCUT2D eigenvalue weighted by molar-refractivity contribution is 0.0764. The van der Waals surface area contributed by atoms with Crippen molar-refractivity contribution in [2.24, 2.45) is 5.92 Å². The number of carbonyl (C=O) groups excluding carboxylic acids is 1. The summed E-state index contributed by atoms with van der Waals surface area (Å²) >= 11 is 0. The molecule has 1 saturated heterocycles. The number of likely N-dealkylation sites (tertiary alicyclic amines) is 1. The molecule has 1 aliphatic rings. The van der Waals surface area contributed by atoms with Gasteiger partial charge >= 0.3 is 0 Å². The third-order valence-corrected chi connectivity index (χ3v) is 4.25. The molecule has 1 fully saturated rings. The van der Waals surface area contributed by atoms with Gasteiger partial charge in [0.2, 0.25) is 0 Å². The van der Waals surface area contributed by atoms with Crippen LogP contribution in [0.25, 0.3) is 0 Å². The first-order valence-electron chi connectivity index (χ1n) is 7.59. The summed E-state index contributed by atoms with van der Waals surface area (Å²) in [5.74, 6) is 0.0720. The number of amides is 1. The normalized spacial score (nSPS) is 21.0. The van der Waals surface area contributed by atoms with Crippen LogP contribution in [0.15, 0.2) is 28.8 Å². The predicted molar refractivity (Wildman–Crippen MR) is 81.5 cm³/mol. The molecule has 1 aromatic heterocycles. The van der Waals surface area contributed by atoms with Crippen LogP contribution in [-0.2, 0) is 6.42 Å². The maximum Gasteiger partial charge on any atom is 0.254 e. The summed E-state index contributed by atoms with van der Waals surface area (Å²) < 4.78 is 18.4. The molecule has 1 aliphatic heterocycles. The standard InChI is InChI=1S/C17H19FN2O3/c1-10-5-13(18)3-4-15(10)17(22)20-8-12(16(21)9-20)7-14-6-11(2)19-23-14/h3-6,12,16,21H,7-9H2,1-2H3/t12-,16+/m1/s1. The van der Waals surface area contributed by atoms with Crippen molar-refractivity contribution in [3.8, 4) is 0 Å². The Bertz CT molecular complexity index is 728. The Labute approximate surface area is 133 Å². The van der Waals surface area contributed by atoms with Crippen molar-refractivity contribution in [2.45, 2.75) is 26.4 Å². The fraction of sp³-hybridized carbons (Fsp3) is 0.412. The fourth-order valence-corrected chi connectivity index (χ4v) is 3.03. The monoisotopic (exact) mass is 318 g/mol. The second kappa shape index (κ2) is 6.12. The highest BCUT2D eigenvalue weighted by Gasteiger charge is 2.35. The van der Waals surface area contributed by atoms with Crippen LogP contribution in [0.5, 0.6) is 0 Å². The maximum absolute atomic E-state index is 13.2. The van der Waals surface area contributed by atoms with Gasteiger partial charge in [0.1, 0.15) is 11.6 Å². The van der Waals surface area contributed by atoms with Crippen LogP contribution >= 0.6 is 0 Å². The van der Waals surface area contributed by atoms with E-state index in [9.17, 15) is 14.3 Å². The molecule has 122 valence electrons. The van der Waals surface area contributed by atoms with E-state index in [1.807, 2.05) is 13.0 Å². The Hall–Kier alpha value is -2.21. The van der Waals surface area contributed by atoms with E-state index in [4.69, 9.17) is 4.52 Å². The third-order valence-electron chi connectivity index (χ3n) is 4.25. The average Bonchev–Trinajstić information content (AvgIpc) is 3.05. The summed E-state index contributed by atoms with van der Waals surface area (Å²) in [7, 11) is 0. The van der Waals surface area contributed by atoms with Crippen LogP contribution < -0.4 is 0 Å². The molecule has 1 amide bonds. The van der Waals surface area contributed by atoms with Gasteiger partial charge in [0, 0.05) is 37.1 Å². The first-order chi connectivity index (χ1) is 10.9. The maximum atomic E-state index is 13.2. The van der Waals surface area contributed by atoms with Crippen molar-refractivity contribution in [3.05, 3.63) is 52.7 Å². The van der Waals surface area contributed by atoms with E-state index in [1.165, 1.54) is 18.2 Å². The molecule has 2 aromatic rings. The molecular weight excluding hydrogens is 299 g/mol. The summed E-state index contributed by atoms with van der Waals surface area (Å²) in [4.78, 5) is 14.2. The number of rotatable bonds is 3. The van der Waals surface area contributed by atoms with E-state index in [-0.39, 0.29) is 24.2 Å². The quantitative estimate of drug-likeness (QED) is 0.941. The van der Waals surface area contributed by atoms with Gasteiger partial charge in [-0.05, 0) is 37.6 Å². The van der Waals surface area contributed by atoms with Gasteiger partial charge in [-0.1, -0.05) is 5.16 Å². The Morgan fingerprint density at radius 1 is 1.39 bits per heavy atom. The van der Waals surface area contributed by atoms with Gasteiger partial charge in [-0.25, -0.2) is 4.39 Å². The molecule has 5 nitrogen and oxygen atoms in total. The number of β-amino-alcohol motifs (C(OH)–C–C–N with tert-alkyl or cyclic N) is 1. The minimum absolute atomic E-state index is 0.0907. The number of aliphatic hydroxyl groups excluding tert-OH is 1. The molecule has 0 aliphatic carbocycles. The van der Waals surface area contributed by atoms with Crippen molar-refractivity contribution in [3.63, 3.8) is 0 Å². The van der Waals surface area contributed by atoms with E-state index in [0.29, 0.717) is 29.9 Å². The summed E-state index contributed by atoms with van der Waals surface area (Å²) in [6, 6.07) is 5.95. The first kappa shape index (κ1) is 15.7. The van der Waals surface area contributed by atoms with Crippen LogP contribution in [0.4, 0.5) is 4.39 Å². The Morgan fingerprint density at radius 3 is 2.83 bits per heavy atom. The van der Waals surface area contributed by atoms with Gasteiger partial charge in [-0.15, -0.1) is 0 Å². The third kappa shape index (κ3) is 3.27. The highest BCUT2D eigenvalue weighted by Crippen LogP contribution is 2.24. The molecule has 1 N–H and O–H groups in total. The molecule has 3 rings (SSSR count). The Kier molecular flexibility index (Phi) is 4.17. The zero-order valence-electron chi connectivity index (χ0n) is 13.1. The van der Waals surface area contributed by atoms with Crippen LogP contribution in [0.3, 0.4) is 0 Å². The van der Waals surface area contributed by atoms with E-state index >= 15 is 0 Å². The number of aliphatic hydroxyl groups is 1. The zero-order chi connectivity index (χ0) is 16.6. The molecule has 0 unspecified atom stereocenters. The number of hydrogen-bond acceptors (Lipinski definition) is 4. The highest BCUT2D eigenvalue weighted by molar-refractivity contribution is 5.95. The fourth-order valence-electron chi connectivity index (χ4n) is 3.03. The topological polar surface area (TPSA) is 66.6 Å². The lowest BCUT2D eigenvalue weighted by Crippen LogP contribution is -2.30. The lowest BCUT2D eigenvalue weighted by Gasteiger charge is -2.17. The van der Waals surface area contributed by atoms with Crippen molar-refractivity contribution in [1.29, 1.82) is 0 Å². The van der Waals surface area contributed by atoms with Crippen molar-refractivity contribution in [2.75, 3.05) is 13.1 Å². The van der Waals surface area contributed by atoms with Crippen LogP contribution in [0.2, 0.25) is 0 Å². The zero-order valence-corrected chi connectivity index (χ0v) is 13.1. The van der Waals surface area contributed by atoms with Gasteiger partial charge < -0.3 is 14.5 Å². The van der Waals surface area contributed by atoms with E-state index in [1.54, 1.807) is 11.8 Å². The molecule has 0 saturated carbocycles. The van der Waals surface area contributed by atoms with Crippen LogP contribution in [-0.4, -0.2) is 40.3 Å². The first-order valence-corrected chi connectivity index (χ1v) is 7.59. The molecule has 23 heavy (non-hydrogen) atoms. The summed E-state index contributed by atoms with van der Waals surface area (Å²) in [5.41, 5.74) is 1.86. The number of halogens is 1. The van der Waals surface area contributed by atoms with Crippen LogP contribution in [0, 0.1) is 25.6 Å². The number of aryl methyl sites for hydroxylation is 2. The minimum Gasteiger partial charge on any atom is -0.391 e. The number of aromatic nitrogens is 1. The van der Waals surface area contributed by atoms with Gasteiger partial charge in [0.25, 0.3) is 5.91 Å². The number of hydrogen-bond donors (Lipinski definition) is 1. The second-order valence-electron chi connectivity index (χ2n) is 6.14. The summed E-state index contributed by atoms with van der Waals surface area (Å²) in [5, 5.41) is 14.1. The molecule has 6 heteroatoms. The van der Waals surface area contributed by atoms with Gasteiger partial charge in [0.15, 0.2) is 0 Å². The molecule has 0 bridgehead atoms. The summed E-state index contributed by atoms with van der Waals surface area (Å²) in [6.07, 6.45) is -0.0705. The van der Waals surface area contributed by atoms with Crippen LogP contribution in [0.1, 0.15) is 27.4 Å².